The molecule has 2 unspecified atom stereocenters. The van der Waals surface area contributed by atoms with E-state index in [1.807, 2.05) is 31.2 Å². The number of aliphatic hydroxyl groups is 1. The Kier molecular flexibility index (Phi) is 5.29. The van der Waals surface area contributed by atoms with Crippen molar-refractivity contribution in [2.24, 2.45) is 5.73 Å². The van der Waals surface area contributed by atoms with Crippen LogP contribution in [0.15, 0.2) is 24.3 Å². The first-order valence-corrected chi connectivity index (χ1v) is 5.80. The Balaban J connectivity index is 2.56. The van der Waals surface area contributed by atoms with E-state index in [4.69, 9.17) is 10.5 Å². The highest BCUT2D eigenvalue weighted by Gasteiger charge is 2.09. The van der Waals surface area contributed by atoms with Gasteiger partial charge in [0.2, 0.25) is 0 Å². The maximum absolute atomic E-state index is 9.84. The van der Waals surface area contributed by atoms with Crippen LogP contribution in [-0.2, 0) is 0 Å². The molecule has 0 aliphatic rings. The van der Waals surface area contributed by atoms with Gasteiger partial charge in [-0.25, -0.2) is 0 Å². The zero-order valence-electron chi connectivity index (χ0n) is 10.0. The van der Waals surface area contributed by atoms with E-state index >= 15 is 0 Å². The number of aliphatic hydroxyl groups excluding tert-OH is 1. The molecular formula is C13H21NO2. The molecule has 1 aromatic carbocycles. The first-order chi connectivity index (χ1) is 7.63. The summed E-state index contributed by atoms with van der Waals surface area (Å²) < 4.78 is 5.46. The molecule has 2 atom stereocenters. The van der Waals surface area contributed by atoms with Gasteiger partial charge < -0.3 is 15.6 Å². The number of hydrogen-bond donors (Lipinski definition) is 2. The quantitative estimate of drug-likeness (QED) is 0.777. The van der Waals surface area contributed by atoms with Crippen LogP contribution in [0.5, 0.6) is 5.75 Å². The fraction of sp³-hybridized carbons (Fsp3) is 0.538. The third kappa shape index (κ3) is 4.21. The summed E-state index contributed by atoms with van der Waals surface area (Å²) in [4.78, 5) is 0. The van der Waals surface area contributed by atoms with E-state index in [2.05, 4.69) is 6.92 Å². The monoisotopic (exact) mass is 223 g/mol. The van der Waals surface area contributed by atoms with Crippen molar-refractivity contribution in [1.82, 2.24) is 0 Å². The summed E-state index contributed by atoms with van der Waals surface area (Å²) in [6, 6.07) is 7.55. The summed E-state index contributed by atoms with van der Waals surface area (Å²) in [5.41, 5.74) is 6.53. The second-order valence-corrected chi connectivity index (χ2v) is 4.15. The molecule has 3 nitrogen and oxygen atoms in total. The molecule has 0 radical (unpaired) electrons. The summed E-state index contributed by atoms with van der Waals surface area (Å²) in [5.74, 6) is 0.846. The number of hydrogen-bond acceptors (Lipinski definition) is 3. The number of nitrogens with two attached hydrogens (primary N) is 1. The van der Waals surface area contributed by atoms with Crippen LogP contribution in [0.2, 0.25) is 0 Å². The van der Waals surface area contributed by atoms with Crippen LogP contribution in [0, 0.1) is 0 Å². The Bertz CT molecular complexity index is 295. The molecule has 3 heteroatoms. The van der Waals surface area contributed by atoms with Crippen molar-refractivity contribution in [2.45, 2.75) is 38.8 Å². The molecule has 1 aromatic rings. The minimum atomic E-state index is -0.486. The van der Waals surface area contributed by atoms with Gasteiger partial charge in [0.25, 0.3) is 0 Å². The average molecular weight is 223 g/mol. The standard InChI is InChI=1S/C13H21NO2/c1-3-8-16-12-6-4-11(5-7-12)13(15)9-10(2)14/h4-7,10,13,15H,3,8-9,14H2,1-2H3. The summed E-state index contributed by atoms with van der Waals surface area (Å²) in [6.07, 6.45) is 1.09. The molecule has 0 saturated heterocycles. The molecular weight excluding hydrogens is 202 g/mol. The number of ether oxygens (including phenoxy) is 1. The summed E-state index contributed by atoms with van der Waals surface area (Å²) in [7, 11) is 0. The molecule has 0 aliphatic carbocycles. The second-order valence-electron chi connectivity index (χ2n) is 4.15. The van der Waals surface area contributed by atoms with Crippen molar-refractivity contribution in [3.63, 3.8) is 0 Å². The largest absolute Gasteiger partial charge is 0.494 e. The lowest BCUT2D eigenvalue weighted by atomic mass is 10.0. The molecule has 0 spiro atoms. The smallest absolute Gasteiger partial charge is 0.119 e. The molecule has 3 N–H and O–H groups in total. The van der Waals surface area contributed by atoms with Crippen LogP contribution in [0.25, 0.3) is 0 Å². The molecule has 0 aromatic heterocycles. The third-order valence-corrected chi connectivity index (χ3v) is 2.33. The fourth-order valence-electron chi connectivity index (χ4n) is 1.49. The molecule has 1 rings (SSSR count). The van der Waals surface area contributed by atoms with Crippen LogP contribution < -0.4 is 10.5 Å². The van der Waals surface area contributed by atoms with Crippen LogP contribution in [0.3, 0.4) is 0 Å². The fourth-order valence-corrected chi connectivity index (χ4v) is 1.49. The highest BCUT2D eigenvalue weighted by atomic mass is 16.5. The van der Waals surface area contributed by atoms with E-state index in [0.717, 1.165) is 24.3 Å². The van der Waals surface area contributed by atoms with Gasteiger partial charge in [-0.1, -0.05) is 19.1 Å². The lowest BCUT2D eigenvalue weighted by Gasteiger charge is -2.14. The Morgan fingerprint density at radius 2 is 1.94 bits per heavy atom. The molecule has 0 saturated carbocycles. The van der Waals surface area contributed by atoms with Gasteiger partial charge >= 0.3 is 0 Å². The summed E-state index contributed by atoms with van der Waals surface area (Å²) >= 11 is 0. The normalized spacial score (nSPS) is 14.5. The lowest BCUT2D eigenvalue weighted by Crippen LogP contribution is -2.18. The molecule has 0 amide bonds. The lowest BCUT2D eigenvalue weighted by molar-refractivity contribution is 0.160. The maximum Gasteiger partial charge on any atom is 0.119 e. The molecule has 0 aliphatic heterocycles. The van der Waals surface area contributed by atoms with Gasteiger partial charge in [0.05, 0.1) is 12.7 Å². The molecule has 0 fully saturated rings. The Hall–Kier alpha value is -1.06. The minimum Gasteiger partial charge on any atom is -0.494 e. The van der Waals surface area contributed by atoms with E-state index in [-0.39, 0.29) is 6.04 Å². The van der Waals surface area contributed by atoms with Crippen LogP contribution >= 0.6 is 0 Å². The zero-order valence-corrected chi connectivity index (χ0v) is 10.0. The Morgan fingerprint density at radius 3 is 2.44 bits per heavy atom. The first kappa shape index (κ1) is 13.0. The van der Waals surface area contributed by atoms with Crippen molar-refractivity contribution in [3.05, 3.63) is 29.8 Å². The second kappa shape index (κ2) is 6.51. The average Bonchev–Trinajstić information content (AvgIpc) is 2.26. The Labute approximate surface area is 97.2 Å². The van der Waals surface area contributed by atoms with Gasteiger partial charge in [-0.05, 0) is 37.5 Å². The van der Waals surface area contributed by atoms with E-state index in [9.17, 15) is 5.11 Å². The SMILES string of the molecule is CCCOc1ccc(C(O)CC(C)N)cc1. The van der Waals surface area contributed by atoms with Gasteiger partial charge in [-0.3, -0.25) is 0 Å². The number of rotatable bonds is 6. The molecule has 0 bridgehead atoms. The van der Waals surface area contributed by atoms with E-state index in [0.29, 0.717) is 6.42 Å². The van der Waals surface area contributed by atoms with Crippen LogP contribution in [0.4, 0.5) is 0 Å². The van der Waals surface area contributed by atoms with Gasteiger partial charge in [0.1, 0.15) is 5.75 Å². The van der Waals surface area contributed by atoms with Crippen LogP contribution in [-0.4, -0.2) is 17.8 Å². The first-order valence-electron chi connectivity index (χ1n) is 5.80. The van der Waals surface area contributed by atoms with Crippen molar-refractivity contribution >= 4 is 0 Å². The Morgan fingerprint density at radius 1 is 1.31 bits per heavy atom. The maximum atomic E-state index is 9.84. The van der Waals surface area contributed by atoms with Gasteiger partial charge in [-0.2, -0.15) is 0 Å². The highest BCUT2D eigenvalue weighted by Crippen LogP contribution is 2.20. The third-order valence-electron chi connectivity index (χ3n) is 2.33. The minimum absolute atomic E-state index is 0.00557. The van der Waals surface area contributed by atoms with Gasteiger partial charge in [0.15, 0.2) is 0 Å². The highest BCUT2D eigenvalue weighted by molar-refractivity contribution is 5.28. The van der Waals surface area contributed by atoms with Gasteiger partial charge in [-0.15, -0.1) is 0 Å². The van der Waals surface area contributed by atoms with E-state index < -0.39 is 6.10 Å². The molecule has 16 heavy (non-hydrogen) atoms. The topological polar surface area (TPSA) is 55.5 Å². The molecule has 90 valence electrons. The van der Waals surface area contributed by atoms with E-state index in [1.165, 1.54) is 0 Å². The predicted octanol–water partition coefficient (Wildman–Crippen LogP) is 2.25. The van der Waals surface area contributed by atoms with E-state index in [1.54, 1.807) is 0 Å². The number of benzene rings is 1. The predicted molar refractivity (Wildman–Crippen MR) is 65.5 cm³/mol. The summed E-state index contributed by atoms with van der Waals surface area (Å²) in [5, 5.41) is 9.84. The van der Waals surface area contributed by atoms with Crippen molar-refractivity contribution in [2.75, 3.05) is 6.61 Å². The van der Waals surface area contributed by atoms with Gasteiger partial charge in [0, 0.05) is 6.04 Å². The van der Waals surface area contributed by atoms with Crippen LogP contribution in [0.1, 0.15) is 38.4 Å². The van der Waals surface area contributed by atoms with Crippen molar-refractivity contribution in [3.8, 4) is 5.75 Å². The molecule has 0 heterocycles. The summed E-state index contributed by atoms with van der Waals surface area (Å²) in [6.45, 7) is 4.68. The zero-order chi connectivity index (χ0) is 12.0. The van der Waals surface area contributed by atoms with Crippen molar-refractivity contribution < 1.29 is 9.84 Å². The van der Waals surface area contributed by atoms with Crippen molar-refractivity contribution in [1.29, 1.82) is 0 Å².